The summed E-state index contributed by atoms with van der Waals surface area (Å²) < 4.78 is 0. The average Bonchev–Trinajstić information content (AvgIpc) is 2.26. The molecule has 1 aromatic rings. The van der Waals surface area contributed by atoms with Gasteiger partial charge < -0.3 is 10.4 Å². The van der Waals surface area contributed by atoms with E-state index in [0.717, 1.165) is 12.3 Å². The first-order valence-electron chi connectivity index (χ1n) is 6.57. The number of aromatic hydroxyl groups is 1. The molecule has 0 aliphatic carbocycles. The van der Waals surface area contributed by atoms with Gasteiger partial charge in [0.25, 0.3) is 0 Å². The molecule has 0 saturated carbocycles. The lowest BCUT2D eigenvalue weighted by atomic mass is 10.00. The molecule has 0 radical (unpaired) electrons. The van der Waals surface area contributed by atoms with E-state index in [0.29, 0.717) is 17.8 Å². The highest BCUT2D eigenvalue weighted by atomic mass is 16.3. The fourth-order valence-corrected chi connectivity index (χ4v) is 2.27. The maximum atomic E-state index is 9.29. The van der Waals surface area contributed by atoms with E-state index in [1.54, 1.807) is 12.1 Å². The molecular formula is C15H25NO. The van der Waals surface area contributed by atoms with Crippen molar-refractivity contribution in [3.8, 4) is 5.75 Å². The van der Waals surface area contributed by atoms with E-state index in [2.05, 4.69) is 33.0 Å². The Morgan fingerprint density at radius 1 is 1.12 bits per heavy atom. The van der Waals surface area contributed by atoms with Crippen LogP contribution in [0.2, 0.25) is 0 Å². The number of hydrogen-bond acceptors (Lipinski definition) is 2. The van der Waals surface area contributed by atoms with Gasteiger partial charge in [-0.25, -0.2) is 0 Å². The Morgan fingerprint density at radius 2 is 1.71 bits per heavy atom. The van der Waals surface area contributed by atoms with Gasteiger partial charge in [0.2, 0.25) is 0 Å². The number of phenols is 1. The molecule has 0 aliphatic heterocycles. The first kappa shape index (κ1) is 14.0. The zero-order valence-electron chi connectivity index (χ0n) is 11.4. The van der Waals surface area contributed by atoms with Crippen molar-refractivity contribution >= 4 is 0 Å². The van der Waals surface area contributed by atoms with Crippen LogP contribution in [0.5, 0.6) is 5.75 Å². The van der Waals surface area contributed by atoms with Crippen LogP contribution in [0.25, 0.3) is 0 Å². The summed E-state index contributed by atoms with van der Waals surface area (Å²) in [6, 6.07) is 8.41. The summed E-state index contributed by atoms with van der Waals surface area (Å²) in [7, 11) is 0. The SMILES string of the molecule is CCC(NC(C)CC(C)C)c1ccc(O)cc1. The van der Waals surface area contributed by atoms with Crippen molar-refractivity contribution in [1.29, 1.82) is 0 Å². The molecular weight excluding hydrogens is 210 g/mol. The number of phenolic OH excluding ortho intramolecular Hbond substituents is 1. The second-order valence-corrected chi connectivity index (χ2v) is 5.25. The summed E-state index contributed by atoms with van der Waals surface area (Å²) in [6.07, 6.45) is 2.25. The predicted octanol–water partition coefficient (Wildman–Crippen LogP) is 3.87. The fourth-order valence-electron chi connectivity index (χ4n) is 2.27. The smallest absolute Gasteiger partial charge is 0.115 e. The van der Waals surface area contributed by atoms with E-state index in [4.69, 9.17) is 0 Å². The van der Waals surface area contributed by atoms with Crippen LogP contribution in [0.4, 0.5) is 0 Å². The van der Waals surface area contributed by atoms with Crippen LogP contribution < -0.4 is 5.32 Å². The molecule has 0 amide bonds. The van der Waals surface area contributed by atoms with Gasteiger partial charge in [0.1, 0.15) is 5.75 Å². The van der Waals surface area contributed by atoms with Crippen molar-refractivity contribution in [2.24, 2.45) is 5.92 Å². The minimum atomic E-state index is 0.332. The summed E-state index contributed by atoms with van der Waals surface area (Å²) >= 11 is 0. The van der Waals surface area contributed by atoms with Crippen LogP contribution >= 0.6 is 0 Å². The summed E-state index contributed by atoms with van der Waals surface area (Å²) in [6.45, 7) is 8.93. The Morgan fingerprint density at radius 3 is 2.18 bits per heavy atom. The molecule has 0 aromatic heterocycles. The standard InChI is InChI=1S/C15H25NO/c1-5-15(16-12(4)10-11(2)3)13-6-8-14(17)9-7-13/h6-9,11-12,15-17H,5,10H2,1-4H3. The quantitative estimate of drug-likeness (QED) is 0.784. The van der Waals surface area contributed by atoms with E-state index < -0.39 is 0 Å². The first-order valence-corrected chi connectivity index (χ1v) is 6.57. The number of benzene rings is 1. The van der Waals surface area contributed by atoms with Crippen LogP contribution in [0, 0.1) is 5.92 Å². The molecule has 1 aromatic carbocycles. The maximum Gasteiger partial charge on any atom is 0.115 e. The highest BCUT2D eigenvalue weighted by molar-refractivity contribution is 5.28. The molecule has 0 saturated heterocycles. The third-order valence-corrected chi connectivity index (χ3v) is 3.01. The van der Waals surface area contributed by atoms with Gasteiger partial charge in [0, 0.05) is 12.1 Å². The predicted molar refractivity (Wildman–Crippen MR) is 73.2 cm³/mol. The summed E-state index contributed by atoms with van der Waals surface area (Å²) in [5.41, 5.74) is 1.25. The lowest BCUT2D eigenvalue weighted by molar-refractivity contribution is 0.388. The Bertz CT molecular complexity index is 318. The highest BCUT2D eigenvalue weighted by Gasteiger charge is 2.13. The van der Waals surface area contributed by atoms with Gasteiger partial charge in [-0.05, 0) is 43.4 Å². The molecule has 2 heteroatoms. The number of nitrogens with one attached hydrogen (secondary N) is 1. The van der Waals surface area contributed by atoms with Crippen molar-refractivity contribution < 1.29 is 5.11 Å². The summed E-state index contributed by atoms with van der Waals surface area (Å²) in [5, 5.41) is 12.9. The lowest BCUT2D eigenvalue weighted by Gasteiger charge is -2.24. The Hall–Kier alpha value is -1.02. The Kier molecular flexibility index (Phi) is 5.49. The lowest BCUT2D eigenvalue weighted by Crippen LogP contribution is -2.31. The molecule has 1 rings (SSSR count). The zero-order chi connectivity index (χ0) is 12.8. The Balaban J connectivity index is 2.62. The highest BCUT2D eigenvalue weighted by Crippen LogP contribution is 2.21. The topological polar surface area (TPSA) is 32.3 Å². The molecule has 0 bridgehead atoms. The molecule has 0 fully saturated rings. The first-order chi connectivity index (χ1) is 8.02. The second kappa shape index (κ2) is 6.65. The van der Waals surface area contributed by atoms with Gasteiger partial charge in [0.05, 0.1) is 0 Å². The number of rotatable bonds is 6. The van der Waals surface area contributed by atoms with E-state index >= 15 is 0 Å². The molecule has 2 nitrogen and oxygen atoms in total. The molecule has 96 valence electrons. The zero-order valence-corrected chi connectivity index (χ0v) is 11.4. The minimum Gasteiger partial charge on any atom is -0.508 e. The minimum absolute atomic E-state index is 0.332. The summed E-state index contributed by atoms with van der Waals surface area (Å²) in [4.78, 5) is 0. The van der Waals surface area contributed by atoms with Crippen LogP contribution in [0.3, 0.4) is 0 Å². The molecule has 2 atom stereocenters. The molecule has 0 aliphatic rings. The Labute approximate surface area is 105 Å². The van der Waals surface area contributed by atoms with Crippen LogP contribution in [0.1, 0.15) is 52.1 Å². The number of hydrogen-bond donors (Lipinski definition) is 2. The fraction of sp³-hybridized carbons (Fsp3) is 0.600. The van der Waals surface area contributed by atoms with Crippen molar-refractivity contribution in [3.63, 3.8) is 0 Å². The third-order valence-electron chi connectivity index (χ3n) is 3.01. The van der Waals surface area contributed by atoms with Gasteiger partial charge in [-0.15, -0.1) is 0 Å². The van der Waals surface area contributed by atoms with E-state index in [1.807, 2.05) is 12.1 Å². The van der Waals surface area contributed by atoms with Crippen molar-refractivity contribution in [2.75, 3.05) is 0 Å². The molecule has 2 N–H and O–H groups in total. The van der Waals surface area contributed by atoms with Gasteiger partial charge in [-0.1, -0.05) is 32.9 Å². The largest absolute Gasteiger partial charge is 0.508 e. The third kappa shape index (κ3) is 4.78. The van der Waals surface area contributed by atoms with Crippen LogP contribution in [0.15, 0.2) is 24.3 Å². The molecule has 0 spiro atoms. The second-order valence-electron chi connectivity index (χ2n) is 5.25. The molecule has 2 unspecified atom stereocenters. The van der Waals surface area contributed by atoms with Gasteiger partial charge in [-0.3, -0.25) is 0 Å². The normalized spacial score (nSPS) is 14.9. The van der Waals surface area contributed by atoms with E-state index in [-0.39, 0.29) is 0 Å². The monoisotopic (exact) mass is 235 g/mol. The van der Waals surface area contributed by atoms with Crippen molar-refractivity contribution in [1.82, 2.24) is 5.32 Å². The molecule has 0 heterocycles. The van der Waals surface area contributed by atoms with Gasteiger partial charge in [0.15, 0.2) is 0 Å². The molecule has 17 heavy (non-hydrogen) atoms. The van der Waals surface area contributed by atoms with Crippen molar-refractivity contribution in [3.05, 3.63) is 29.8 Å². The van der Waals surface area contributed by atoms with E-state index in [9.17, 15) is 5.11 Å². The van der Waals surface area contributed by atoms with Crippen LogP contribution in [-0.4, -0.2) is 11.1 Å². The van der Waals surface area contributed by atoms with Crippen LogP contribution in [-0.2, 0) is 0 Å². The van der Waals surface area contributed by atoms with Gasteiger partial charge >= 0.3 is 0 Å². The van der Waals surface area contributed by atoms with Crippen molar-refractivity contribution in [2.45, 2.75) is 52.6 Å². The average molecular weight is 235 g/mol. The van der Waals surface area contributed by atoms with E-state index in [1.165, 1.54) is 12.0 Å². The summed E-state index contributed by atoms with van der Waals surface area (Å²) in [5.74, 6) is 1.05. The maximum absolute atomic E-state index is 9.29. The van der Waals surface area contributed by atoms with Gasteiger partial charge in [-0.2, -0.15) is 0 Å².